The number of anilines is 2. The summed E-state index contributed by atoms with van der Waals surface area (Å²) < 4.78 is 13.3. The molecule has 6 nitrogen and oxygen atoms in total. The van der Waals surface area contributed by atoms with E-state index in [2.05, 4.69) is 28.1 Å². The molecule has 1 aromatic heterocycles. The lowest BCUT2D eigenvalue weighted by Gasteiger charge is -2.27. The molecule has 0 amide bonds. The summed E-state index contributed by atoms with van der Waals surface area (Å²) in [5.41, 5.74) is 3.13. The Morgan fingerprint density at radius 2 is 2.00 bits per heavy atom. The van der Waals surface area contributed by atoms with Crippen molar-refractivity contribution in [3.63, 3.8) is 0 Å². The van der Waals surface area contributed by atoms with Crippen LogP contribution in [0.1, 0.15) is 0 Å². The monoisotopic (exact) mass is 386 g/mol. The Labute approximate surface area is 163 Å². The van der Waals surface area contributed by atoms with Crippen LogP contribution in [-0.2, 0) is 11.3 Å². The van der Waals surface area contributed by atoms with Gasteiger partial charge in [-0.05, 0) is 42.5 Å². The lowest BCUT2D eigenvalue weighted by molar-refractivity contribution is 0.0211. The highest BCUT2D eigenvalue weighted by atomic mass is 35.5. The summed E-state index contributed by atoms with van der Waals surface area (Å²) in [6.07, 6.45) is 0. The Hall–Kier alpha value is -2.44. The minimum atomic E-state index is 0.394. The van der Waals surface area contributed by atoms with Crippen molar-refractivity contribution in [2.75, 3.05) is 44.1 Å². The molecule has 0 bridgehead atoms. The van der Waals surface area contributed by atoms with Gasteiger partial charge in [0.25, 0.3) is 0 Å². The molecule has 0 atom stereocenters. The van der Waals surface area contributed by atoms with Crippen molar-refractivity contribution in [3.8, 4) is 5.75 Å². The minimum Gasteiger partial charge on any atom is -0.492 e. The van der Waals surface area contributed by atoms with Gasteiger partial charge in [0, 0.05) is 24.8 Å². The van der Waals surface area contributed by atoms with Gasteiger partial charge in [0.2, 0.25) is 5.95 Å². The molecule has 2 aromatic carbocycles. The molecule has 1 aliphatic rings. The predicted octanol–water partition coefficient (Wildman–Crippen LogP) is 3.65. The van der Waals surface area contributed by atoms with Crippen LogP contribution in [0.3, 0.4) is 0 Å². The van der Waals surface area contributed by atoms with E-state index < -0.39 is 0 Å². The van der Waals surface area contributed by atoms with Gasteiger partial charge in [-0.2, -0.15) is 0 Å². The van der Waals surface area contributed by atoms with E-state index in [-0.39, 0.29) is 0 Å². The van der Waals surface area contributed by atoms with Gasteiger partial charge in [-0.15, -0.1) is 0 Å². The molecule has 0 aliphatic carbocycles. The SMILES string of the molecule is CN(C)c1nc2cc(NC3COC3)ccc2n1CCOc1ccc(Cl)cc1. The zero-order valence-corrected chi connectivity index (χ0v) is 16.2. The molecule has 0 unspecified atom stereocenters. The number of hydrogen-bond donors (Lipinski definition) is 1. The fourth-order valence-electron chi connectivity index (χ4n) is 3.11. The minimum absolute atomic E-state index is 0.394. The number of nitrogens with zero attached hydrogens (tertiary/aromatic N) is 3. The first kappa shape index (κ1) is 17.9. The zero-order chi connectivity index (χ0) is 18.8. The van der Waals surface area contributed by atoms with Crippen molar-refractivity contribution in [1.82, 2.24) is 9.55 Å². The molecule has 3 aromatic rings. The van der Waals surface area contributed by atoms with Gasteiger partial charge in [0.05, 0.1) is 36.8 Å². The topological polar surface area (TPSA) is 51.5 Å². The van der Waals surface area contributed by atoms with Gasteiger partial charge in [0.15, 0.2) is 0 Å². The Bertz CT molecular complexity index is 920. The predicted molar refractivity (Wildman–Crippen MR) is 109 cm³/mol. The molecule has 2 heterocycles. The van der Waals surface area contributed by atoms with E-state index in [9.17, 15) is 0 Å². The number of benzene rings is 2. The van der Waals surface area contributed by atoms with E-state index in [4.69, 9.17) is 26.1 Å². The third-order valence-corrected chi connectivity index (χ3v) is 4.79. The number of nitrogens with one attached hydrogen (secondary N) is 1. The van der Waals surface area contributed by atoms with Gasteiger partial charge in [-0.25, -0.2) is 4.98 Å². The highest BCUT2D eigenvalue weighted by molar-refractivity contribution is 6.30. The van der Waals surface area contributed by atoms with Crippen molar-refractivity contribution in [2.24, 2.45) is 0 Å². The Balaban J connectivity index is 1.52. The fourth-order valence-corrected chi connectivity index (χ4v) is 3.24. The molecule has 1 saturated heterocycles. The quantitative estimate of drug-likeness (QED) is 0.671. The van der Waals surface area contributed by atoms with Gasteiger partial charge in [-0.1, -0.05) is 11.6 Å². The molecule has 1 fully saturated rings. The summed E-state index contributed by atoms with van der Waals surface area (Å²) in [5, 5.41) is 4.18. The van der Waals surface area contributed by atoms with Crippen LogP contribution in [0.25, 0.3) is 11.0 Å². The number of hydrogen-bond acceptors (Lipinski definition) is 5. The van der Waals surface area contributed by atoms with Crippen molar-refractivity contribution in [1.29, 1.82) is 0 Å². The van der Waals surface area contributed by atoms with Crippen LogP contribution in [0.4, 0.5) is 11.6 Å². The van der Waals surface area contributed by atoms with E-state index in [1.165, 1.54) is 0 Å². The highest BCUT2D eigenvalue weighted by Crippen LogP contribution is 2.25. The number of ether oxygens (including phenoxy) is 2. The van der Waals surface area contributed by atoms with Crippen molar-refractivity contribution < 1.29 is 9.47 Å². The zero-order valence-electron chi connectivity index (χ0n) is 15.5. The number of fused-ring (bicyclic) bond motifs is 1. The number of rotatable bonds is 7. The highest BCUT2D eigenvalue weighted by Gasteiger charge is 2.19. The second-order valence-corrected chi connectivity index (χ2v) is 7.28. The summed E-state index contributed by atoms with van der Waals surface area (Å²) in [6, 6.07) is 14.1. The fraction of sp³-hybridized carbons (Fsp3) is 0.350. The molecule has 1 N–H and O–H groups in total. The standard InChI is InChI=1S/C20H23ClN4O2/c1-24(2)20-23-18-11-15(22-16-12-26-13-16)5-8-19(18)25(20)9-10-27-17-6-3-14(21)4-7-17/h3-8,11,16,22H,9-10,12-13H2,1-2H3. The third kappa shape index (κ3) is 3.96. The van der Waals surface area contributed by atoms with Gasteiger partial charge in [0.1, 0.15) is 12.4 Å². The van der Waals surface area contributed by atoms with Gasteiger partial charge >= 0.3 is 0 Å². The normalized spacial score (nSPS) is 14.2. The number of aromatic nitrogens is 2. The summed E-state index contributed by atoms with van der Waals surface area (Å²) in [4.78, 5) is 6.83. The molecule has 142 valence electrons. The molecule has 0 saturated carbocycles. The molecule has 7 heteroatoms. The molecule has 0 spiro atoms. The van der Waals surface area contributed by atoms with Crippen LogP contribution in [-0.4, -0.2) is 49.5 Å². The van der Waals surface area contributed by atoms with E-state index >= 15 is 0 Å². The van der Waals surface area contributed by atoms with E-state index in [1.807, 2.05) is 43.3 Å². The Kier molecular flexibility index (Phi) is 5.09. The first-order valence-corrected chi connectivity index (χ1v) is 9.38. The first-order chi connectivity index (χ1) is 13.1. The van der Waals surface area contributed by atoms with Gasteiger partial charge < -0.3 is 24.3 Å². The second kappa shape index (κ2) is 7.66. The third-order valence-electron chi connectivity index (χ3n) is 4.53. The summed E-state index contributed by atoms with van der Waals surface area (Å²) in [6.45, 7) is 2.78. The first-order valence-electron chi connectivity index (χ1n) is 9.00. The van der Waals surface area contributed by atoms with Crippen LogP contribution < -0.4 is 15.0 Å². The summed E-state index contributed by atoms with van der Waals surface area (Å²) in [5.74, 6) is 1.72. The molecule has 1 aliphatic heterocycles. The van der Waals surface area contributed by atoms with E-state index in [1.54, 1.807) is 0 Å². The van der Waals surface area contributed by atoms with Crippen LogP contribution >= 0.6 is 11.6 Å². The Morgan fingerprint density at radius 1 is 1.22 bits per heavy atom. The Morgan fingerprint density at radius 3 is 2.67 bits per heavy atom. The molecular weight excluding hydrogens is 364 g/mol. The van der Waals surface area contributed by atoms with E-state index in [0.717, 1.165) is 41.6 Å². The summed E-state index contributed by atoms with van der Waals surface area (Å²) in [7, 11) is 4.01. The molecular formula is C20H23ClN4O2. The lowest BCUT2D eigenvalue weighted by atomic mass is 10.2. The summed E-state index contributed by atoms with van der Waals surface area (Å²) >= 11 is 5.92. The van der Waals surface area contributed by atoms with Crippen molar-refractivity contribution >= 4 is 34.3 Å². The van der Waals surface area contributed by atoms with Crippen LogP contribution in [0.2, 0.25) is 5.02 Å². The maximum atomic E-state index is 5.92. The van der Waals surface area contributed by atoms with Gasteiger partial charge in [-0.3, -0.25) is 0 Å². The van der Waals surface area contributed by atoms with Crippen LogP contribution in [0.5, 0.6) is 5.75 Å². The maximum Gasteiger partial charge on any atom is 0.206 e. The van der Waals surface area contributed by atoms with Crippen LogP contribution in [0.15, 0.2) is 42.5 Å². The maximum absolute atomic E-state index is 5.92. The average Bonchev–Trinajstić information content (AvgIpc) is 2.98. The average molecular weight is 387 g/mol. The molecule has 27 heavy (non-hydrogen) atoms. The lowest BCUT2D eigenvalue weighted by Crippen LogP contribution is -2.40. The van der Waals surface area contributed by atoms with E-state index in [0.29, 0.717) is 24.2 Å². The molecule has 0 radical (unpaired) electrons. The second-order valence-electron chi connectivity index (χ2n) is 6.84. The van der Waals surface area contributed by atoms with Crippen LogP contribution in [0, 0.1) is 0 Å². The number of imidazole rings is 1. The van der Waals surface area contributed by atoms with Crippen molar-refractivity contribution in [2.45, 2.75) is 12.6 Å². The smallest absolute Gasteiger partial charge is 0.206 e. The largest absolute Gasteiger partial charge is 0.492 e. The van der Waals surface area contributed by atoms with Crippen molar-refractivity contribution in [3.05, 3.63) is 47.5 Å². The molecule has 4 rings (SSSR count). The number of halogens is 1.